The Labute approximate surface area is 122 Å². The largest absolute Gasteiger partial charge is 0.347 e. The minimum Gasteiger partial charge on any atom is -0.347 e. The maximum atomic E-state index is 12.5. The summed E-state index contributed by atoms with van der Waals surface area (Å²) in [7, 11) is 0. The normalized spacial score (nSPS) is 30.1. The molecule has 0 bridgehead atoms. The van der Waals surface area contributed by atoms with Crippen molar-refractivity contribution >= 4 is 23.6 Å². The predicted octanol–water partition coefficient (Wildman–Crippen LogP) is -0.0264. The molecule has 3 aliphatic rings. The number of carbonyl (C=O) groups is 2. The van der Waals surface area contributed by atoms with Crippen LogP contribution in [-0.2, 0) is 19.1 Å². The summed E-state index contributed by atoms with van der Waals surface area (Å²) >= 11 is 1.66. The minimum absolute atomic E-state index is 0.0238. The summed E-state index contributed by atoms with van der Waals surface area (Å²) in [6.07, 6.45) is 1.93. The molecule has 0 aromatic carbocycles. The maximum absolute atomic E-state index is 12.5. The van der Waals surface area contributed by atoms with Crippen molar-refractivity contribution in [2.45, 2.75) is 31.1 Å². The number of thioether (sulfide) groups is 1. The van der Waals surface area contributed by atoms with E-state index in [2.05, 4.69) is 5.32 Å². The number of amides is 2. The van der Waals surface area contributed by atoms with E-state index in [1.807, 2.05) is 4.90 Å². The van der Waals surface area contributed by atoms with Crippen LogP contribution in [0.1, 0.15) is 19.3 Å². The van der Waals surface area contributed by atoms with Gasteiger partial charge >= 0.3 is 0 Å². The zero-order chi connectivity index (χ0) is 14.0. The van der Waals surface area contributed by atoms with E-state index in [0.717, 1.165) is 5.75 Å². The fraction of sp³-hybridized carbons (Fsp3) is 0.846. The molecule has 7 heteroatoms. The number of carbonyl (C=O) groups excluding carboxylic acids is 2. The number of hydrogen-bond donors (Lipinski definition) is 1. The van der Waals surface area contributed by atoms with Crippen molar-refractivity contribution in [2.75, 3.05) is 37.8 Å². The highest BCUT2D eigenvalue weighted by Gasteiger charge is 2.41. The minimum atomic E-state index is -0.460. The van der Waals surface area contributed by atoms with Crippen LogP contribution in [0.5, 0.6) is 0 Å². The van der Waals surface area contributed by atoms with Crippen molar-refractivity contribution in [3.63, 3.8) is 0 Å². The summed E-state index contributed by atoms with van der Waals surface area (Å²) in [6.45, 7) is 2.55. The zero-order valence-electron chi connectivity index (χ0n) is 11.4. The Morgan fingerprint density at radius 2 is 2.00 bits per heavy atom. The monoisotopic (exact) mass is 300 g/mol. The molecule has 20 heavy (non-hydrogen) atoms. The van der Waals surface area contributed by atoms with E-state index in [9.17, 15) is 9.59 Å². The molecule has 0 aromatic heterocycles. The van der Waals surface area contributed by atoms with Crippen LogP contribution in [0.3, 0.4) is 0 Å². The van der Waals surface area contributed by atoms with Gasteiger partial charge in [-0.25, -0.2) is 0 Å². The SMILES string of the molecule is O=C1CCSCC(C(=O)N2CCC3(CC2)OCCO3)N1. The maximum Gasteiger partial charge on any atom is 0.246 e. The molecule has 1 unspecified atom stereocenters. The highest BCUT2D eigenvalue weighted by Crippen LogP contribution is 2.31. The summed E-state index contributed by atoms with van der Waals surface area (Å²) in [4.78, 5) is 25.8. The smallest absolute Gasteiger partial charge is 0.246 e. The fourth-order valence-electron chi connectivity index (χ4n) is 2.88. The molecule has 1 atom stereocenters. The van der Waals surface area contributed by atoms with Gasteiger partial charge in [0.05, 0.1) is 13.2 Å². The van der Waals surface area contributed by atoms with Crippen molar-refractivity contribution in [3.8, 4) is 0 Å². The lowest BCUT2D eigenvalue weighted by Crippen LogP contribution is -2.54. The molecule has 1 N–H and O–H groups in total. The van der Waals surface area contributed by atoms with Gasteiger partial charge in [0, 0.05) is 43.9 Å². The number of hydrogen-bond acceptors (Lipinski definition) is 5. The van der Waals surface area contributed by atoms with Gasteiger partial charge in [-0.3, -0.25) is 9.59 Å². The molecular formula is C13H20N2O4S. The Morgan fingerprint density at radius 1 is 1.30 bits per heavy atom. The van der Waals surface area contributed by atoms with Gasteiger partial charge in [0.25, 0.3) is 0 Å². The number of piperidine rings is 1. The zero-order valence-corrected chi connectivity index (χ0v) is 12.2. The van der Waals surface area contributed by atoms with Crippen LogP contribution in [0.4, 0.5) is 0 Å². The number of ether oxygens (including phenoxy) is 2. The van der Waals surface area contributed by atoms with E-state index in [1.165, 1.54) is 0 Å². The first-order valence-corrected chi connectivity index (χ1v) is 8.28. The third-order valence-electron chi connectivity index (χ3n) is 4.04. The van der Waals surface area contributed by atoms with Gasteiger partial charge < -0.3 is 19.7 Å². The van der Waals surface area contributed by atoms with Crippen molar-refractivity contribution in [2.24, 2.45) is 0 Å². The lowest BCUT2D eigenvalue weighted by molar-refractivity contribution is -0.187. The first-order chi connectivity index (χ1) is 9.69. The van der Waals surface area contributed by atoms with Crippen molar-refractivity contribution in [3.05, 3.63) is 0 Å². The Balaban J connectivity index is 1.56. The summed E-state index contributed by atoms with van der Waals surface area (Å²) in [6, 6.07) is -0.380. The van der Waals surface area contributed by atoms with Crippen LogP contribution in [0.15, 0.2) is 0 Å². The van der Waals surface area contributed by atoms with Crippen molar-refractivity contribution < 1.29 is 19.1 Å². The topological polar surface area (TPSA) is 67.9 Å². The molecule has 3 fully saturated rings. The number of nitrogens with zero attached hydrogens (tertiary/aromatic N) is 1. The third kappa shape index (κ3) is 2.94. The van der Waals surface area contributed by atoms with E-state index < -0.39 is 5.79 Å². The summed E-state index contributed by atoms with van der Waals surface area (Å²) < 4.78 is 11.3. The second-order valence-corrected chi connectivity index (χ2v) is 6.53. The molecule has 112 valence electrons. The predicted molar refractivity (Wildman–Crippen MR) is 74.3 cm³/mol. The lowest BCUT2D eigenvalue weighted by Gasteiger charge is -2.38. The van der Waals surface area contributed by atoms with Gasteiger partial charge in [-0.15, -0.1) is 0 Å². The number of rotatable bonds is 1. The second-order valence-electron chi connectivity index (χ2n) is 5.38. The van der Waals surface area contributed by atoms with Crippen LogP contribution in [0.25, 0.3) is 0 Å². The standard InChI is InChI=1S/C13H20N2O4S/c16-11-1-8-20-9-10(14-11)12(17)15-4-2-13(3-5-15)18-6-7-19-13/h10H,1-9H2,(H,14,16). The summed E-state index contributed by atoms with van der Waals surface area (Å²) in [5.74, 6) is 1.00. The molecule has 3 aliphatic heterocycles. The molecule has 3 saturated heterocycles. The Bertz CT molecular complexity index is 388. The van der Waals surface area contributed by atoms with Crippen molar-refractivity contribution in [1.82, 2.24) is 10.2 Å². The molecule has 3 rings (SSSR count). The van der Waals surface area contributed by atoms with Gasteiger partial charge in [-0.1, -0.05) is 0 Å². The lowest BCUT2D eigenvalue weighted by atomic mass is 10.0. The molecule has 2 amide bonds. The quantitative estimate of drug-likeness (QED) is 0.737. The van der Waals surface area contributed by atoms with Crippen LogP contribution < -0.4 is 5.32 Å². The molecule has 0 aliphatic carbocycles. The Hall–Kier alpha value is -0.790. The number of likely N-dealkylation sites (tertiary alicyclic amines) is 1. The van der Waals surface area contributed by atoms with Gasteiger partial charge in [-0.2, -0.15) is 11.8 Å². The van der Waals surface area contributed by atoms with Gasteiger partial charge in [0.2, 0.25) is 11.8 Å². The highest BCUT2D eigenvalue weighted by atomic mass is 32.2. The van der Waals surface area contributed by atoms with Crippen molar-refractivity contribution in [1.29, 1.82) is 0 Å². The van der Waals surface area contributed by atoms with E-state index in [0.29, 0.717) is 51.3 Å². The van der Waals surface area contributed by atoms with E-state index in [1.54, 1.807) is 11.8 Å². The first-order valence-electron chi connectivity index (χ1n) is 7.12. The van der Waals surface area contributed by atoms with E-state index in [4.69, 9.17) is 9.47 Å². The number of nitrogens with one attached hydrogen (secondary N) is 1. The molecule has 0 saturated carbocycles. The Morgan fingerprint density at radius 3 is 2.70 bits per heavy atom. The molecule has 0 aromatic rings. The highest BCUT2D eigenvalue weighted by molar-refractivity contribution is 7.99. The molecule has 1 spiro atoms. The van der Waals surface area contributed by atoms with Crippen LogP contribution >= 0.6 is 11.8 Å². The molecule has 0 radical (unpaired) electrons. The van der Waals surface area contributed by atoms with Crippen LogP contribution in [-0.4, -0.2) is 66.4 Å². The fourth-order valence-corrected chi connectivity index (χ4v) is 3.84. The van der Waals surface area contributed by atoms with Gasteiger partial charge in [0.15, 0.2) is 5.79 Å². The molecule has 6 nitrogen and oxygen atoms in total. The molecule has 3 heterocycles. The first kappa shape index (κ1) is 14.2. The van der Waals surface area contributed by atoms with Crippen LogP contribution in [0.2, 0.25) is 0 Å². The van der Waals surface area contributed by atoms with E-state index >= 15 is 0 Å². The van der Waals surface area contributed by atoms with Crippen LogP contribution in [0, 0.1) is 0 Å². The summed E-state index contributed by atoms with van der Waals surface area (Å²) in [5, 5.41) is 2.82. The average molecular weight is 300 g/mol. The van der Waals surface area contributed by atoms with Gasteiger partial charge in [0.1, 0.15) is 6.04 Å². The van der Waals surface area contributed by atoms with E-state index in [-0.39, 0.29) is 17.9 Å². The average Bonchev–Trinajstić information content (AvgIpc) is 2.79. The van der Waals surface area contributed by atoms with Gasteiger partial charge in [-0.05, 0) is 0 Å². The third-order valence-corrected chi connectivity index (χ3v) is 5.10. The second kappa shape index (κ2) is 5.91. The summed E-state index contributed by atoms with van der Waals surface area (Å²) in [5.41, 5.74) is 0. The molecular weight excluding hydrogens is 280 g/mol. The Kier molecular flexibility index (Phi) is 4.18.